The average molecular weight is 953 g/mol. The Balaban J connectivity index is 0.932. The van der Waals surface area contributed by atoms with Gasteiger partial charge in [-0.3, -0.25) is 0 Å². The van der Waals surface area contributed by atoms with Crippen LogP contribution in [0.15, 0.2) is 291 Å². The van der Waals surface area contributed by atoms with Gasteiger partial charge < -0.3 is 9.47 Å². The third-order valence-corrected chi connectivity index (χ3v) is 16.1. The first-order valence-corrected chi connectivity index (χ1v) is 26.0. The Labute approximate surface area is 437 Å². The molecule has 0 fully saturated rings. The van der Waals surface area contributed by atoms with Crippen LogP contribution in [0.3, 0.4) is 0 Å². The van der Waals surface area contributed by atoms with Crippen molar-refractivity contribution in [2.75, 3.05) is 4.90 Å². The molecule has 1 spiro atoms. The number of hydrogen-bond donors (Lipinski definition) is 0. The van der Waals surface area contributed by atoms with E-state index < -0.39 is 5.41 Å². The van der Waals surface area contributed by atoms with E-state index in [0.717, 1.165) is 33.9 Å². The SMILES string of the molecule is c1ccc(-c2ccccc2-c2c(-c3ccccc3)cccc2N(c2ccc(-c3ccc(-n4c5ccccc5c5ccccc54)cc3)cc2)c2ccc3c(c2)-c2ccccc2C32c3ccccc3-c3ccccc32)cc1. The van der Waals surface area contributed by atoms with Crippen molar-refractivity contribution in [3.8, 4) is 72.4 Å². The standard InChI is InChI=1S/C73H48N2/c1-3-20-51(21-4-1)56-24-7-8-30-63(56)72-57(52-22-5-2-6-23-52)31-19-37-71(72)74(53-42-38-49(39-43-53)50-40-44-54(45-41-50)75-69-35-17-12-28-61(69)62-29-13-18-36-70(62)75)55-46-47-68-64(48-55)60-27-11-16-34-67(60)73(68)65-32-14-9-25-58(65)59-26-10-15-33-66(59)73/h1-48H. The summed E-state index contributed by atoms with van der Waals surface area (Å²) in [5.41, 5.74) is 26.2. The summed E-state index contributed by atoms with van der Waals surface area (Å²) in [4.78, 5) is 2.50. The molecule has 1 aromatic heterocycles. The van der Waals surface area contributed by atoms with Crippen LogP contribution >= 0.6 is 0 Å². The molecule has 2 heteroatoms. The van der Waals surface area contributed by atoms with E-state index >= 15 is 0 Å². The lowest BCUT2D eigenvalue weighted by Crippen LogP contribution is -2.25. The molecule has 75 heavy (non-hydrogen) atoms. The summed E-state index contributed by atoms with van der Waals surface area (Å²) in [5.74, 6) is 0. The van der Waals surface area contributed by atoms with E-state index in [1.165, 1.54) is 99.7 Å². The van der Waals surface area contributed by atoms with Crippen LogP contribution in [-0.2, 0) is 5.41 Å². The van der Waals surface area contributed by atoms with Crippen molar-refractivity contribution < 1.29 is 0 Å². The van der Waals surface area contributed by atoms with Crippen molar-refractivity contribution >= 4 is 38.9 Å². The molecule has 0 N–H and O–H groups in total. The molecule has 12 aromatic carbocycles. The lowest BCUT2D eigenvalue weighted by molar-refractivity contribution is 0.794. The van der Waals surface area contributed by atoms with Crippen molar-refractivity contribution in [1.29, 1.82) is 0 Å². The van der Waals surface area contributed by atoms with Crippen molar-refractivity contribution in [2.45, 2.75) is 5.41 Å². The number of benzene rings is 12. The van der Waals surface area contributed by atoms with Crippen molar-refractivity contribution in [1.82, 2.24) is 4.57 Å². The maximum atomic E-state index is 2.50. The fourth-order valence-corrected chi connectivity index (χ4v) is 12.9. The molecule has 350 valence electrons. The number of hydrogen-bond acceptors (Lipinski definition) is 1. The Kier molecular flexibility index (Phi) is 9.83. The molecule has 2 aliphatic rings. The van der Waals surface area contributed by atoms with E-state index in [4.69, 9.17) is 0 Å². The van der Waals surface area contributed by atoms with E-state index in [0.29, 0.717) is 0 Å². The highest BCUT2D eigenvalue weighted by atomic mass is 15.1. The van der Waals surface area contributed by atoms with Gasteiger partial charge in [-0.05, 0) is 138 Å². The van der Waals surface area contributed by atoms with Crippen molar-refractivity contribution in [3.63, 3.8) is 0 Å². The zero-order valence-corrected chi connectivity index (χ0v) is 41.1. The highest BCUT2D eigenvalue weighted by Gasteiger charge is 2.51. The van der Waals surface area contributed by atoms with Crippen LogP contribution < -0.4 is 4.90 Å². The maximum Gasteiger partial charge on any atom is 0.0725 e. The molecule has 0 unspecified atom stereocenters. The van der Waals surface area contributed by atoms with E-state index in [1.54, 1.807) is 0 Å². The minimum absolute atomic E-state index is 0.436. The lowest BCUT2D eigenvalue weighted by atomic mass is 9.70. The monoisotopic (exact) mass is 952 g/mol. The number of aromatic nitrogens is 1. The largest absolute Gasteiger partial charge is 0.310 e. The maximum absolute atomic E-state index is 2.50. The summed E-state index contributed by atoms with van der Waals surface area (Å²) in [6.45, 7) is 0. The van der Waals surface area contributed by atoms with Gasteiger partial charge in [-0.1, -0.05) is 237 Å². The Bertz CT molecular complexity index is 4240. The predicted octanol–water partition coefficient (Wildman–Crippen LogP) is 19.3. The molecule has 0 atom stereocenters. The Hall–Kier alpha value is -9.76. The van der Waals surface area contributed by atoms with Gasteiger partial charge in [0.1, 0.15) is 0 Å². The minimum Gasteiger partial charge on any atom is -0.310 e. The van der Waals surface area contributed by atoms with Gasteiger partial charge in [0.2, 0.25) is 0 Å². The van der Waals surface area contributed by atoms with Gasteiger partial charge in [0, 0.05) is 33.4 Å². The molecule has 0 saturated carbocycles. The van der Waals surface area contributed by atoms with Crippen LogP contribution in [0.2, 0.25) is 0 Å². The van der Waals surface area contributed by atoms with Crippen LogP contribution in [0.1, 0.15) is 22.3 Å². The molecule has 2 aliphatic carbocycles. The van der Waals surface area contributed by atoms with Crippen LogP contribution in [0.25, 0.3) is 94.3 Å². The summed E-state index contributed by atoms with van der Waals surface area (Å²) < 4.78 is 2.38. The van der Waals surface area contributed by atoms with Gasteiger partial charge in [-0.2, -0.15) is 0 Å². The summed E-state index contributed by atoms with van der Waals surface area (Å²) in [7, 11) is 0. The first-order chi connectivity index (χ1) is 37.2. The molecular formula is C73H48N2. The van der Waals surface area contributed by atoms with Gasteiger partial charge in [0.25, 0.3) is 0 Å². The number of para-hydroxylation sites is 2. The fourth-order valence-electron chi connectivity index (χ4n) is 12.9. The third-order valence-electron chi connectivity index (χ3n) is 16.1. The normalized spacial score (nSPS) is 12.6. The summed E-state index contributed by atoms with van der Waals surface area (Å²) in [5, 5.41) is 2.53. The number of nitrogens with zero attached hydrogens (tertiary/aromatic N) is 2. The predicted molar refractivity (Wildman–Crippen MR) is 314 cm³/mol. The van der Waals surface area contributed by atoms with Crippen LogP contribution in [0.5, 0.6) is 0 Å². The number of fused-ring (bicyclic) bond motifs is 13. The number of rotatable bonds is 8. The highest BCUT2D eigenvalue weighted by molar-refractivity contribution is 6.09. The smallest absolute Gasteiger partial charge is 0.0725 e. The second kappa shape index (κ2) is 17.2. The van der Waals surface area contributed by atoms with Gasteiger partial charge in [0.05, 0.1) is 22.1 Å². The third kappa shape index (κ3) is 6.53. The Morgan fingerprint density at radius 2 is 0.693 bits per heavy atom. The van der Waals surface area contributed by atoms with Crippen molar-refractivity contribution in [2.24, 2.45) is 0 Å². The number of anilines is 3. The fraction of sp³-hybridized carbons (Fsp3) is 0.0137. The van der Waals surface area contributed by atoms with Crippen LogP contribution in [-0.4, -0.2) is 4.57 Å². The van der Waals surface area contributed by atoms with E-state index in [2.05, 4.69) is 301 Å². The van der Waals surface area contributed by atoms with E-state index in [-0.39, 0.29) is 0 Å². The zero-order chi connectivity index (χ0) is 49.5. The first kappa shape index (κ1) is 42.9. The highest BCUT2D eigenvalue weighted by Crippen LogP contribution is 2.63. The van der Waals surface area contributed by atoms with Crippen LogP contribution in [0, 0.1) is 0 Å². The second-order valence-corrected chi connectivity index (χ2v) is 19.9. The topological polar surface area (TPSA) is 8.17 Å². The van der Waals surface area contributed by atoms with Gasteiger partial charge in [-0.15, -0.1) is 0 Å². The summed E-state index contributed by atoms with van der Waals surface area (Å²) in [6, 6.07) is 108. The molecule has 13 aromatic rings. The molecular weight excluding hydrogens is 905 g/mol. The zero-order valence-electron chi connectivity index (χ0n) is 41.1. The molecule has 15 rings (SSSR count). The molecule has 0 saturated heterocycles. The van der Waals surface area contributed by atoms with Gasteiger partial charge >= 0.3 is 0 Å². The molecule has 0 bridgehead atoms. The van der Waals surface area contributed by atoms with E-state index in [9.17, 15) is 0 Å². The van der Waals surface area contributed by atoms with E-state index in [1.807, 2.05) is 0 Å². The molecule has 1 heterocycles. The first-order valence-electron chi connectivity index (χ1n) is 26.0. The molecule has 0 amide bonds. The minimum atomic E-state index is -0.436. The van der Waals surface area contributed by atoms with Crippen LogP contribution in [0.4, 0.5) is 17.1 Å². The summed E-state index contributed by atoms with van der Waals surface area (Å²) in [6.07, 6.45) is 0. The quantitative estimate of drug-likeness (QED) is 0.147. The lowest BCUT2D eigenvalue weighted by Gasteiger charge is -2.32. The van der Waals surface area contributed by atoms with Gasteiger partial charge in [0.15, 0.2) is 0 Å². The molecule has 2 nitrogen and oxygen atoms in total. The average Bonchev–Trinajstić information content (AvgIpc) is 4.17. The Morgan fingerprint density at radius 3 is 1.28 bits per heavy atom. The molecule has 0 radical (unpaired) electrons. The second-order valence-electron chi connectivity index (χ2n) is 19.9. The Morgan fingerprint density at radius 1 is 0.267 bits per heavy atom. The molecule has 0 aliphatic heterocycles. The summed E-state index contributed by atoms with van der Waals surface area (Å²) >= 11 is 0. The van der Waals surface area contributed by atoms with Crippen molar-refractivity contribution in [3.05, 3.63) is 313 Å². The van der Waals surface area contributed by atoms with Gasteiger partial charge in [-0.25, -0.2) is 0 Å².